The molecule has 0 saturated carbocycles. The molecule has 3 aliphatic rings. The summed E-state index contributed by atoms with van der Waals surface area (Å²) in [5.74, 6) is 0. The highest BCUT2D eigenvalue weighted by Gasteiger charge is 2.51. The third-order valence-electron chi connectivity index (χ3n) is 8.81. The molecule has 6 aromatic rings. The number of aromatic nitrogens is 2. The molecule has 0 bridgehead atoms. The number of pyridine rings is 2. The van der Waals surface area contributed by atoms with E-state index in [0.717, 1.165) is 29.6 Å². The third kappa shape index (κ3) is 2.32. The van der Waals surface area contributed by atoms with Crippen LogP contribution in [0, 0.1) is 0 Å². The van der Waals surface area contributed by atoms with Crippen LogP contribution in [-0.4, -0.2) is 9.97 Å². The van der Waals surface area contributed by atoms with Crippen LogP contribution < -0.4 is 0 Å². The summed E-state index contributed by atoms with van der Waals surface area (Å²) in [6, 6.07) is 38.4. The first kappa shape index (κ1) is 19.6. The van der Waals surface area contributed by atoms with Crippen LogP contribution in [0.5, 0.6) is 0 Å². The molecule has 2 aromatic heterocycles. The van der Waals surface area contributed by atoms with Gasteiger partial charge in [-0.05, 0) is 92.7 Å². The molecule has 0 amide bonds. The van der Waals surface area contributed by atoms with E-state index in [0.29, 0.717) is 0 Å². The molecule has 0 radical (unpaired) electrons. The maximum Gasteiger partial charge on any atom is 0.159 e. The average Bonchev–Trinajstić information content (AvgIpc) is 3.42. The van der Waals surface area contributed by atoms with Crippen LogP contribution >= 0.6 is 0 Å². The summed E-state index contributed by atoms with van der Waals surface area (Å²) in [5.41, 5.74) is 16.6. The molecule has 2 nitrogen and oxygen atoms in total. The Morgan fingerprint density at radius 3 is 1.84 bits per heavy atom. The predicted molar refractivity (Wildman–Crippen MR) is 149 cm³/mol. The lowest BCUT2D eigenvalue weighted by Crippen LogP contribution is -2.26. The van der Waals surface area contributed by atoms with Crippen LogP contribution in [0.3, 0.4) is 0 Å². The van der Waals surface area contributed by atoms with Gasteiger partial charge in [0.05, 0.1) is 11.1 Å². The van der Waals surface area contributed by atoms with Gasteiger partial charge in [0.15, 0.2) is 5.65 Å². The van der Waals surface area contributed by atoms with E-state index in [9.17, 15) is 0 Å². The predicted octanol–water partition coefficient (Wildman–Crippen LogP) is 7.74. The second kappa shape index (κ2) is 6.80. The Kier molecular flexibility index (Phi) is 3.61. The molecule has 1 spiro atoms. The standard InChI is InChI=1S/C35H22N2/c1-4-12-29-24(9-1)25-10-2-5-13-30(25)35(29)31-14-6-3-11-26(31)28-20-27-21(19-32(28)35)15-16-22-18-23-8-7-17-36-34(23)37-33(22)27/h1-14,17-20H,15-16H2. The summed E-state index contributed by atoms with van der Waals surface area (Å²) in [7, 11) is 0. The van der Waals surface area contributed by atoms with Crippen LogP contribution in [0.2, 0.25) is 0 Å². The molecule has 0 N–H and O–H groups in total. The molecular weight excluding hydrogens is 448 g/mol. The zero-order chi connectivity index (χ0) is 24.1. The van der Waals surface area contributed by atoms with E-state index in [1.54, 1.807) is 0 Å². The highest BCUT2D eigenvalue weighted by Crippen LogP contribution is 2.63. The summed E-state index contributed by atoms with van der Waals surface area (Å²) in [5, 5.41) is 1.12. The van der Waals surface area contributed by atoms with Gasteiger partial charge in [-0.1, -0.05) is 78.9 Å². The summed E-state index contributed by atoms with van der Waals surface area (Å²) < 4.78 is 0. The van der Waals surface area contributed by atoms with Gasteiger partial charge in [0, 0.05) is 17.1 Å². The van der Waals surface area contributed by atoms with Gasteiger partial charge in [-0.15, -0.1) is 0 Å². The maximum absolute atomic E-state index is 5.09. The molecule has 9 rings (SSSR count). The number of hydrogen-bond donors (Lipinski definition) is 0. The van der Waals surface area contributed by atoms with Crippen molar-refractivity contribution >= 4 is 11.0 Å². The quantitative estimate of drug-likeness (QED) is 0.227. The van der Waals surface area contributed by atoms with Gasteiger partial charge < -0.3 is 0 Å². The molecule has 4 aromatic carbocycles. The molecule has 0 saturated heterocycles. The lowest BCUT2D eigenvalue weighted by Gasteiger charge is -2.31. The van der Waals surface area contributed by atoms with Crippen LogP contribution in [0.1, 0.15) is 33.4 Å². The summed E-state index contributed by atoms with van der Waals surface area (Å²) >= 11 is 0. The largest absolute Gasteiger partial charge is 0.237 e. The molecule has 2 heteroatoms. The lowest BCUT2D eigenvalue weighted by atomic mass is 9.70. The smallest absolute Gasteiger partial charge is 0.159 e. The number of nitrogens with zero attached hydrogens (tertiary/aromatic N) is 2. The van der Waals surface area contributed by atoms with Crippen molar-refractivity contribution in [1.82, 2.24) is 9.97 Å². The van der Waals surface area contributed by atoms with Gasteiger partial charge in [0.25, 0.3) is 0 Å². The number of benzene rings is 4. The van der Waals surface area contributed by atoms with Crippen LogP contribution in [0.25, 0.3) is 44.5 Å². The second-order valence-corrected chi connectivity index (χ2v) is 10.5. The first-order chi connectivity index (χ1) is 18.3. The van der Waals surface area contributed by atoms with Crippen molar-refractivity contribution < 1.29 is 0 Å². The van der Waals surface area contributed by atoms with Crippen molar-refractivity contribution in [3.8, 4) is 33.5 Å². The van der Waals surface area contributed by atoms with Crippen LogP contribution in [0.15, 0.2) is 109 Å². The van der Waals surface area contributed by atoms with E-state index in [4.69, 9.17) is 4.98 Å². The van der Waals surface area contributed by atoms with Crippen molar-refractivity contribution in [3.63, 3.8) is 0 Å². The zero-order valence-electron chi connectivity index (χ0n) is 20.2. The summed E-state index contributed by atoms with van der Waals surface area (Å²) in [4.78, 5) is 9.66. The lowest BCUT2D eigenvalue weighted by molar-refractivity contribution is 0.789. The van der Waals surface area contributed by atoms with Gasteiger partial charge in [-0.25, -0.2) is 9.97 Å². The Morgan fingerprint density at radius 1 is 0.514 bits per heavy atom. The Morgan fingerprint density at radius 2 is 1.14 bits per heavy atom. The molecule has 0 unspecified atom stereocenters. The molecule has 0 atom stereocenters. The fraction of sp³-hybridized carbons (Fsp3) is 0.0857. The zero-order valence-corrected chi connectivity index (χ0v) is 20.2. The molecule has 3 aliphatic carbocycles. The number of rotatable bonds is 0. The van der Waals surface area contributed by atoms with Gasteiger partial charge in [0.1, 0.15) is 0 Å². The van der Waals surface area contributed by atoms with Crippen LogP contribution in [0.4, 0.5) is 0 Å². The summed E-state index contributed by atoms with van der Waals surface area (Å²) in [6.45, 7) is 0. The fourth-order valence-corrected chi connectivity index (χ4v) is 7.35. The Hall–Kier alpha value is -4.56. The number of hydrogen-bond acceptors (Lipinski definition) is 2. The fourth-order valence-electron chi connectivity index (χ4n) is 7.35. The summed E-state index contributed by atoms with van der Waals surface area (Å²) in [6.07, 6.45) is 3.87. The monoisotopic (exact) mass is 470 g/mol. The third-order valence-corrected chi connectivity index (χ3v) is 8.81. The van der Waals surface area contributed by atoms with Crippen molar-refractivity contribution in [2.45, 2.75) is 18.3 Å². The van der Waals surface area contributed by atoms with E-state index in [-0.39, 0.29) is 5.41 Å². The SMILES string of the molecule is c1ccc2c(c1)-c1ccccc1C21c2ccccc2-c2cc3c(cc21)CCc1cc2cccnc2nc1-3. The van der Waals surface area contributed by atoms with Crippen molar-refractivity contribution in [2.24, 2.45) is 0 Å². The van der Waals surface area contributed by atoms with E-state index in [2.05, 4.69) is 102 Å². The van der Waals surface area contributed by atoms with E-state index in [1.807, 2.05) is 12.3 Å². The van der Waals surface area contributed by atoms with Gasteiger partial charge in [0.2, 0.25) is 0 Å². The topological polar surface area (TPSA) is 25.8 Å². The Bertz CT molecular complexity index is 1900. The Balaban J connectivity index is 1.40. The van der Waals surface area contributed by atoms with E-state index in [1.165, 1.54) is 61.2 Å². The second-order valence-electron chi connectivity index (χ2n) is 10.5. The minimum Gasteiger partial charge on any atom is -0.237 e. The van der Waals surface area contributed by atoms with Gasteiger partial charge >= 0.3 is 0 Å². The molecule has 172 valence electrons. The number of fused-ring (bicyclic) bond motifs is 14. The molecule has 2 heterocycles. The minimum atomic E-state index is -0.285. The molecule has 0 fully saturated rings. The van der Waals surface area contributed by atoms with Crippen molar-refractivity contribution in [3.05, 3.63) is 143 Å². The van der Waals surface area contributed by atoms with Gasteiger partial charge in [-0.2, -0.15) is 0 Å². The van der Waals surface area contributed by atoms with Crippen molar-refractivity contribution in [2.75, 3.05) is 0 Å². The van der Waals surface area contributed by atoms with Gasteiger partial charge in [-0.3, -0.25) is 0 Å². The van der Waals surface area contributed by atoms with E-state index >= 15 is 0 Å². The molecule has 0 aliphatic heterocycles. The molecule has 37 heavy (non-hydrogen) atoms. The Labute approximate surface area is 215 Å². The average molecular weight is 471 g/mol. The van der Waals surface area contributed by atoms with E-state index < -0.39 is 0 Å². The first-order valence-electron chi connectivity index (χ1n) is 13.1. The number of aryl methyl sites for hydroxylation is 2. The normalized spacial score (nSPS) is 15.0. The van der Waals surface area contributed by atoms with Crippen molar-refractivity contribution in [1.29, 1.82) is 0 Å². The highest BCUT2D eigenvalue weighted by molar-refractivity contribution is 5.97. The minimum absolute atomic E-state index is 0.285. The highest BCUT2D eigenvalue weighted by atomic mass is 14.8. The maximum atomic E-state index is 5.09. The van der Waals surface area contributed by atoms with Crippen LogP contribution in [-0.2, 0) is 18.3 Å². The molecular formula is C35H22N2. The first-order valence-corrected chi connectivity index (χ1v) is 13.1.